The van der Waals surface area contributed by atoms with Gasteiger partial charge in [0, 0.05) is 0 Å². The molecule has 0 atom stereocenters. The molecule has 0 aliphatic heterocycles. The molecule has 0 aromatic heterocycles. The summed E-state index contributed by atoms with van der Waals surface area (Å²) in [5.74, 6) is 0. The predicted molar refractivity (Wildman–Crippen MR) is 14.6 cm³/mol. The second-order valence-electron chi connectivity index (χ2n) is 0.693. The van der Waals surface area contributed by atoms with Crippen LogP contribution in [0.3, 0.4) is 0 Å². The van der Waals surface area contributed by atoms with E-state index in [2.05, 4.69) is 0 Å². The Morgan fingerprint density at radius 3 is 0.833 bits per heavy atom. The van der Waals surface area contributed by atoms with Crippen molar-refractivity contribution in [3.8, 4) is 0 Å². The Labute approximate surface area is 77.3 Å². The fraction of sp³-hybridized carbons (Fsp3) is 0. The van der Waals surface area contributed by atoms with Gasteiger partial charge in [0.1, 0.15) is 0 Å². The fourth-order valence-electron chi connectivity index (χ4n) is 0. The van der Waals surface area contributed by atoms with Gasteiger partial charge in [0.25, 0.3) is 0 Å². The van der Waals surface area contributed by atoms with Crippen LogP contribution in [0.5, 0.6) is 0 Å². The molecule has 0 bridgehead atoms. The van der Waals surface area contributed by atoms with Crippen LogP contribution in [-0.4, -0.2) is 27.1 Å². The van der Waals surface area contributed by atoms with E-state index < -0.39 is 6.96 Å². The second-order valence-corrected chi connectivity index (χ2v) is 0.693. The third-order valence-electron chi connectivity index (χ3n) is 0. The molecule has 32 valence electrons. The van der Waals surface area contributed by atoms with Crippen LogP contribution in [0.4, 0.5) is 0 Å². The van der Waals surface area contributed by atoms with E-state index in [1.165, 1.54) is 0 Å². The molecule has 0 aromatic carbocycles. The SMILES string of the molecule is O[B-](O)(O)O.[K+]. The van der Waals surface area contributed by atoms with Crippen molar-refractivity contribution < 1.29 is 71.5 Å². The van der Waals surface area contributed by atoms with Crippen molar-refractivity contribution in [1.82, 2.24) is 0 Å². The van der Waals surface area contributed by atoms with E-state index in [-0.39, 0.29) is 51.4 Å². The molecule has 4 N–H and O–H groups in total. The van der Waals surface area contributed by atoms with Gasteiger partial charge in [-0.1, -0.05) is 0 Å². The Hall–Kier alpha value is 1.54. The van der Waals surface area contributed by atoms with Crippen molar-refractivity contribution in [2.75, 3.05) is 0 Å². The van der Waals surface area contributed by atoms with E-state index in [1.54, 1.807) is 0 Å². The summed E-state index contributed by atoms with van der Waals surface area (Å²) in [5.41, 5.74) is 0. The van der Waals surface area contributed by atoms with Gasteiger partial charge < -0.3 is 20.1 Å². The van der Waals surface area contributed by atoms with Crippen molar-refractivity contribution in [1.29, 1.82) is 0 Å². The van der Waals surface area contributed by atoms with Gasteiger partial charge in [0.15, 0.2) is 0 Å². The molecule has 0 saturated carbocycles. The molecule has 0 unspecified atom stereocenters. The molecule has 0 amide bonds. The number of hydrogen-bond donors (Lipinski definition) is 4. The normalized spacial score (nSPS) is 10.0. The molecular weight excluding hydrogens is 114 g/mol. The van der Waals surface area contributed by atoms with E-state index in [1.807, 2.05) is 0 Å². The molecule has 0 rings (SSSR count). The zero-order valence-corrected chi connectivity index (χ0v) is 6.49. The summed E-state index contributed by atoms with van der Waals surface area (Å²) in [6, 6.07) is 0. The molecule has 0 spiro atoms. The standard InChI is InChI=1S/BH4O4.K/c2-1(3,4)5;/h2-5H;/q-1;+1. The van der Waals surface area contributed by atoms with E-state index in [4.69, 9.17) is 20.1 Å². The summed E-state index contributed by atoms with van der Waals surface area (Å²) in [5, 5.41) is 29.0. The Morgan fingerprint density at radius 1 is 0.833 bits per heavy atom. The van der Waals surface area contributed by atoms with Gasteiger partial charge in [-0.25, -0.2) is 0 Å². The Kier molecular flexibility index (Phi) is 6.19. The average Bonchev–Trinajstić information content (AvgIpc) is 0.722. The van der Waals surface area contributed by atoms with Crippen LogP contribution in [0.2, 0.25) is 0 Å². The maximum Gasteiger partial charge on any atom is 1.00 e. The van der Waals surface area contributed by atoms with Crippen LogP contribution in [0, 0.1) is 0 Å². The van der Waals surface area contributed by atoms with Gasteiger partial charge in [-0.2, -0.15) is 0 Å². The summed E-state index contributed by atoms with van der Waals surface area (Å²) in [6.07, 6.45) is 0. The molecule has 0 aromatic rings. The first-order valence-electron chi connectivity index (χ1n) is 1.03. The van der Waals surface area contributed by atoms with Gasteiger partial charge in [0.2, 0.25) is 0 Å². The van der Waals surface area contributed by atoms with Crippen molar-refractivity contribution in [2.45, 2.75) is 0 Å². The molecular formula is H4BKO4. The van der Waals surface area contributed by atoms with Gasteiger partial charge in [-0.05, 0) is 0 Å². The summed E-state index contributed by atoms with van der Waals surface area (Å²) in [6.45, 7) is -4.00. The van der Waals surface area contributed by atoms with Crippen LogP contribution in [-0.2, 0) is 0 Å². The predicted octanol–water partition coefficient (Wildman–Crippen LogP) is -5.60. The topological polar surface area (TPSA) is 80.9 Å². The fourth-order valence-corrected chi connectivity index (χ4v) is 0. The molecule has 0 radical (unpaired) electrons. The maximum absolute atomic E-state index is 7.25. The molecule has 0 saturated heterocycles. The largest absolute Gasteiger partial charge is 1.00 e. The monoisotopic (exact) mass is 118 g/mol. The minimum absolute atomic E-state index is 0. The van der Waals surface area contributed by atoms with Crippen molar-refractivity contribution in [2.24, 2.45) is 0 Å². The first-order valence-corrected chi connectivity index (χ1v) is 1.03. The van der Waals surface area contributed by atoms with Gasteiger partial charge in [-0.15, -0.1) is 0 Å². The molecule has 6 heteroatoms. The third-order valence-corrected chi connectivity index (χ3v) is 0. The second kappa shape index (κ2) is 3.53. The van der Waals surface area contributed by atoms with Gasteiger partial charge in [0.05, 0.1) is 0 Å². The van der Waals surface area contributed by atoms with Crippen LogP contribution in [0.25, 0.3) is 0 Å². The summed E-state index contributed by atoms with van der Waals surface area (Å²) >= 11 is 0. The van der Waals surface area contributed by atoms with Crippen LogP contribution in [0.15, 0.2) is 0 Å². The van der Waals surface area contributed by atoms with Crippen molar-refractivity contribution in [3.63, 3.8) is 0 Å². The zero-order valence-electron chi connectivity index (χ0n) is 3.37. The van der Waals surface area contributed by atoms with Gasteiger partial charge >= 0.3 is 58.3 Å². The molecule has 0 fully saturated rings. The quantitative estimate of drug-likeness (QED) is 0.239. The van der Waals surface area contributed by atoms with E-state index >= 15 is 0 Å². The number of hydrogen-bond acceptors (Lipinski definition) is 4. The van der Waals surface area contributed by atoms with E-state index in [9.17, 15) is 0 Å². The van der Waals surface area contributed by atoms with Crippen molar-refractivity contribution >= 4 is 6.96 Å². The van der Waals surface area contributed by atoms with E-state index in [0.717, 1.165) is 0 Å². The Morgan fingerprint density at radius 2 is 0.833 bits per heavy atom. The minimum Gasteiger partial charge on any atom is -0.534 e. The van der Waals surface area contributed by atoms with E-state index in [0.29, 0.717) is 0 Å². The summed E-state index contributed by atoms with van der Waals surface area (Å²) in [7, 11) is 0. The first kappa shape index (κ1) is 10.5. The summed E-state index contributed by atoms with van der Waals surface area (Å²) < 4.78 is 0. The third kappa shape index (κ3) is 48.1. The first-order chi connectivity index (χ1) is 2.00. The Bertz CT molecular complexity index is 23.0. The molecule has 0 aliphatic rings. The van der Waals surface area contributed by atoms with Crippen molar-refractivity contribution in [3.05, 3.63) is 0 Å². The molecule has 0 heterocycles. The molecule has 6 heavy (non-hydrogen) atoms. The minimum atomic E-state index is -4.00. The van der Waals surface area contributed by atoms with Gasteiger partial charge in [-0.3, -0.25) is 0 Å². The Balaban J connectivity index is 0. The smallest absolute Gasteiger partial charge is 0.534 e. The molecule has 4 nitrogen and oxygen atoms in total. The molecule has 0 aliphatic carbocycles. The average molecular weight is 118 g/mol. The summed E-state index contributed by atoms with van der Waals surface area (Å²) in [4.78, 5) is 0. The zero-order chi connectivity index (χ0) is 4.50. The maximum atomic E-state index is 7.25. The van der Waals surface area contributed by atoms with Crippen LogP contribution < -0.4 is 51.4 Å². The van der Waals surface area contributed by atoms with Crippen LogP contribution >= 0.6 is 0 Å². The number of rotatable bonds is 0. The van der Waals surface area contributed by atoms with Crippen LogP contribution in [0.1, 0.15) is 0 Å².